The third-order valence-corrected chi connectivity index (χ3v) is 0.953. The van der Waals surface area contributed by atoms with Gasteiger partial charge in [0.05, 0.1) is 0 Å². The van der Waals surface area contributed by atoms with E-state index in [1.807, 2.05) is 27.7 Å². The Labute approximate surface area is 68.5 Å². The zero-order valence-corrected chi connectivity index (χ0v) is 7.56. The number of hydrogen-bond donors (Lipinski definition) is 0. The van der Waals surface area contributed by atoms with Crippen LogP contribution in [0.2, 0.25) is 0 Å². The summed E-state index contributed by atoms with van der Waals surface area (Å²) in [5.41, 5.74) is 0.827. The van der Waals surface area contributed by atoms with E-state index in [4.69, 9.17) is 0 Å². The van der Waals surface area contributed by atoms with Crippen LogP contribution in [0.25, 0.3) is 0 Å². The van der Waals surface area contributed by atoms with Gasteiger partial charge in [-0.15, -0.1) is 0 Å². The first-order valence-corrected chi connectivity index (χ1v) is 3.61. The monoisotopic (exact) mass is 150 g/mol. The normalized spacial score (nSPS) is 11.8. The molecule has 0 spiro atoms. The Bertz CT molecular complexity index is 217. The molecular weight excluding hydrogens is 136 g/mol. The van der Waals surface area contributed by atoms with Crippen LogP contribution in [-0.2, 0) is 4.79 Å². The van der Waals surface area contributed by atoms with Gasteiger partial charge in [-0.2, -0.15) is 0 Å². The molecule has 0 aliphatic rings. The maximum absolute atomic E-state index is 10.00. The molecule has 0 saturated heterocycles. The van der Waals surface area contributed by atoms with Gasteiger partial charge in [0.1, 0.15) is 6.29 Å². The van der Waals surface area contributed by atoms with Crippen molar-refractivity contribution >= 4 is 6.29 Å². The summed E-state index contributed by atoms with van der Waals surface area (Å²) >= 11 is 0. The largest absolute Gasteiger partial charge is 0.299 e. The van der Waals surface area contributed by atoms with Crippen LogP contribution < -0.4 is 0 Å². The lowest BCUT2D eigenvalue weighted by atomic mass is 9.97. The van der Waals surface area contributed by atoms with Crippen LogP contribution in [0.15, 0.2) is 11.6 Å². The molecule has 0 atom stereocenters. The first-order valence-electron chi connectivity index (χ1n) is 3.61. The highest BCUT2D eigenvalue weighted by molar-refractivity contribution is 5.67. The van der Waals surface area contributed by atoms with Crippen LogP contribution in [0.4, 0.5) is 0 Å². The van der Waals surface area contributed by atoms with Gasteiger partial charge >= 0.3 is 0 Å². The van der Waals surface area contributed by atoms with E-state index in [0.717, 1.165) is 11.9 Å². The van der Waals surface area contributed by atoms with E-state index in [-0.39, 0.29) is 5.41 Å². The van der Waals surface area contributed by atoms with Crippen molar-refractivity contribution in [2.45, 2.75) is 27.7 Å². The first kappa shape index (κ1) is 9.97. The molecule has 0 N–H and O–H groups in total. The summed E-state index contributed by atoms with van der Waals surface area (Å²) in [5.74, 6) is 5.93. The van der Waals surface area contributed by atoms with Gasteiger partial charge in [-0.25, -0.2) is 0 Å². The molecule has 11 heavy (non-hydrogen) atoms. The standard InChI is InChI=1S/C10H14O/c1-9(6-8-11)5-7-10(2,3)4/h6,8H,1-4H3/b9-6+. The third-order valence-electron chi connectivity index (χ3n) is 0.953. The summed E-state index contributed by atoms with van der Waals surface area (Å²) in [5, 5.41) is 0. The molecular formula is C10H14O. The van der Waals surface area contributed by atoms with Gasteiger partial charge in [-0.3, -0.25) is 4.79 Å². The lowest BCUT2D eigenvalue weighted by Gasteiger charge is -2.06. The van der Waals surface area contributed by atoms with Crippen LogP contribution in [0, 0.1) is 17.3 Å². The van der Waals surface area contributed by atoms with E-state index in [1.54, 1.807) is 0 Å². The van der Waals surface area contributed by atoms with E-state index < -0.39 is 0 Å². The van der Waals surface area contributed by atoms with Crippen molar-refractivity contribution in [1.29, 1.82) is 0 Å². The Morgan fingerprint density at radius 2 is 1.91 bits per heavy atom. The molecule has 0 rings (SSSR count). The molecule has 0 aliphatic carbocycles. The second kappa shape index (κ2) is 3.98. The van der Waals surface area contributed by atoms with Gasteiger partial charge in [0.2, 0.25) is 0 Å². The molecule has 0 aromatic carbocycles. The summed E-state index contributed by atoms with van der Waals surface area (Å²) in [6.45, 7) is 7.93. The quantitative estimate of drug-likeness (QED) is 0.318. The number of rotatable bonds is 1. The van der Waals surface area contributed by atoms with Gasteiger partial charge in [-0.05, 0) is 33.8 Å². The zero-order chi connectivity index (χ0) is 8.91. The van der Waals surface area contributed by atoms with Gasteiger partial charge < -0.3 is 0 Å². The Balaban J connectivity index is 4.30. The molecule has 1 heteroatoms. The molecule has 60 valence electrons. The molecule has 0 fully saturated rings. The minimum Gasteiger partial charge on any atom is -0.299 e. The summed E-state index contributed by atoms with van der Waals surface area (Å²) in [6, 6.07) is 0. The summed E-state index contributed by atoms with van der Waals surface area (Å²) in [4.78, 5) is 10.00. The van der Waals surface area contributed by atoms with Crippen molar-refractivity contribution in [1.82, 2.24) is 0 Å². The number of allylic oxidation sites excluding steroid dienone is 2. The van der Waals surface area contributed by atoms with Crippen molar-refractivity contribution in [2.24, 2.45) is 5.41 Å². The van der Waals surface area contributed by atoms with E-state index in [9.17, 15) is 4.79 Å². The van der Waals surface area contributed by atoms with Crippen molar-refractivity contribution < 1.29 is 4.79 Å². The SMILES string of the molecule is C/C(C#CC(C)(C)C)=C\C=O. The molecule has 0 bridgehead atoms. The molecule has 0 saturated carbocycles. The average Bonchev–Trinajstić information content (AvgIpc) is 1.83. The highest BCUT2D eigenvalue weighted by Gasteiger charge is 2.02. The van der Waals surface area contributed by atoms with E-state index in [2.05, 4.69) is 11.8 Å². The van der Waals surface area contributed by atoms with Crippen molar-refractivity contribution in [3.63, 3.8) is 0 Å². The number of carbonyl (C=O) groups is 1. The minimum atomic E-state index is 0.0119. The second-order valence-corrected chi connectivity index (χ2v) is 3.49. The van der Waals surface area contributed by atoms with Crippen molar-refractivity contribution in [3.05, 3.63) is 11.6 Å². The predicted molar refractivity (Wildman–Crippen MR) is 47.1 cm³/mol. The minimum absolute atomic E-state index is 0.0119. The van der Waals surface area contributed by atoms with Crippen molar-refractivity contribution in [2.75, 3.05) is 0 Å². The molecule has 0 aromatic rings. The fourth-order valence-electron chi connectivity index (χ4n) is 0.430. The molecule has 0 unspecified atom stereocenters. The summed E-state index contributed by atoms with van der Waals surface area (Å²) in [7, 11) is 0. The van der Waals surface area contributed by atoms with Crippen molar-refractivity contribution in [3.8, 4) is 11.8 Å². The van der Waals surface area contributed by atoms with Crippen LogP contribution in [0.1, 0.15) is 27.7 Å². The maximum Gasteiger partial charge on any atom is 0.143 e. The van der Waals surface area contributed by atoms with Crippen LogP contribution >= 0.6 is 0 Å². The second-order valence-electron chi connectivity index (χ2n) is 3.49. The fraction of sp³-hybridized carbons (Fsp3) is 0.500. The Hall–Kier alpha value is -1.03. The molecule has 0 aromatic heterocycles. The average molecular weight is 150 g/mol. The topological polar surface area (TPSA) is 17.1 Å². The number of carbonyl (C=O) groups excluding carboxylic acids is 1. The van der Waals surface area contributed by atoms with Gasteiger partial charge in [0.15, 0.2) is 0 Å². The Morgan fingerprint density at radius 3 is 2.27 bits per heavy atom. The molecule has 0 amide bonds. The first-order chi connectivity index (χ1) is 4.95. The lowest BCUT2D eigenvalue weighted by Crippen LogP contribution is -1.99. The van der Waals surface area contributed by atoms with Crippen LogP contribution in [0.3, 0.4) is 0 Å². The Kier molecular flexibility index (Phi) is 3.60. The van der Waals surface area contributed by atoms with Crippen LogP contribution in [0.5, 0.6) is 0 Å². The van der Waals surface area contributed by atoms with E-state index in [1.165, 1.54) is 6.08 Å². The van der Waals surface area contributed by atoms with Gasteiger partial charge in [0, 0.05) is 11.0 Å². The van der Waals surface area contributed by atoms with Crippen LogP contribution in [-0.4, -0.2) is 6.29 Å². The smallest absolute Gasteiger partial charge is 0.143 e. The fourth-order valence-corrected chi connectivity index (χ4v) is 0.430. The maximum atomic E-state index is 10.00. The number of hydrogen-bond acceptors (Lipinski definition) is 1. The van der Waals surface area contributed by atoms with E-state index >= 15 is 0 Å². The van der Waals surface area contributed by atoms with E-state index in [0.29, 0.717) is 0 Å². The summed E-state index contributed by atoms with van der Waals surface area (Å²) in [6.07, 6.45) is 2.23. The molecule has 0 radical (unpaired) electrons. The molecule has 0 heterocycles. The summed E-state index contributed by atoms with van der Waals surface area (Å²) < 4.78 is 0. The van der Waals surface area contributed by atoms with Gasteiger partial charge in [0.25, 0.3) is 0 Å². The highest BCUT2D eigenvalue weighted by Crippen LogP contribution is 2.10. The molecule has 0 aliphatic heterocycles. The molecule has 1 nitrogen and oxygen atoms in total. The highest BCUT2D eigenvalue weighted by atomic mass is 16.1. The lowest BCUT2D eigenvalue weighted by molar-refractivity contribution is -0.104. The zero-order valence-electron chi connectivity index (χ0n) is 7.56. The Morgan fingerprint density at radius 1 is 1.36 bits per heavy atom. The third kappa shape index (κ3) is 6.86. The number of aldehydes is 1. The van der Waals surface area contributed by atoms with Gasteiger partial charge in [-0.1, -0.05) is 11.8 Å². The predicted octanol–water partition coefficient (Wildman–Crippen LogP) is 2.18.